The second kappa shape index (κ2) is 12.9. The average molecular weight is 271 g/mol. The molecule has 0 aliphatic heterocycles. The summed E-state index contributed by atoms with van der Waals surface area (Å²) in [5.74, 6) is 0. The molecular formula is C17H37NO. The lowest BCUT2D eigenvalue weighted by Crippen LogP contribution is -2.25. The van der Waals surface area contributed by atoms with E-state index < -0.39 is 0 Å². The van der Waals surface area contributed by atoms with E-state index in [-0.39, 0.29) is 5.60 Å². The van der Waals surface area contributed by atoms with E-state index in [9.17, 15) is 0 Å². The molecule has 0 aromatic heterocycles. The smallest absolute Gasteiger partial charge is 0.0626 e. The number of rotatable bonds is 14. The Morgan fingerprint density at radius 2 is 1.32 bits per heavy atom. The predicted octanol–water partition coefficient (Wildman–Crippen LogP) is 5.05. The molecule has 0 radical (unpaired) electrons. The van der Waals surface area contributed by atoms with Crippen LogP contribution in [-0.2, 0) is 4.74 Å². The monoisotopic (exact) mass is 271 g/mol. The Labute approximate surface area is 121 Å². The first kappa shape index (κ1) is 18.9. The van der Waals surface area contributed by atoms with Crippen LogP contribution in [0.3, 0.4) is 0 Å². The van der Waals surface area contributed by atoms with Crippen molar-refractivity contribution in [3.8, 4) is 0 Å². The molecule has 0 fully saturated rings. The van der Waals surface area contributed by atoms with Crippen molar-refractivity contribution in [1.29, 1.82) is 0 Å². The predicted molar refractivity (Wildman–Crippen MR) is 85.5 cm³/mol. The summed E-state index contributed by atoms with van der Waals surface area (Å²) < 4.78 is 5.86. The molecule has 0 spiro atoms. The maximum Gasteiger partial charge on any atom is 0.0626 e. The molecule has 2 heteroatoms. The third-order valence-electron chi connectivity index (χ3n) is 3.72. The summed E-state index contributed by atoms with van der Waals surface area (Å²) in [5, 5.41) is 0. The molecule has 0 unspecified atom stereocenters. The van der Waals surface area contributed by atoms with Crippen LogP contribution in [0.1, 0.15) is 91.4 Å². The van der Waals surface area contributed by atoms with Gasteiger partial charge in [0.1, 0.15) is 0 Å². The summed E-state index contributed by atoms with van der Waals surface area (Å²) >= 11 is 0. The lowest BCUT2D eigenvalue weighted by atomic mass is 9.99. The summed E-state index contributed by atoms with van der Waals surface area (Å²) in [7, 11) is 0. The normalized spacial score (nSPS) is 12.0. The highest BCUT2D eigenvalue weighted by atomic mass is 16.5. The van der Waals surface area contributed by atoms with E-state index in [1.165, 1.54) is 64.2 Å². The summed E-state index contributed by atoms with van der Waals surface area (Å²) in [6.45, 7) is 8.22. The number of unbranched alkanes of at least 4 members (excludes halogenated alkanes) is 8. The molecule has 19 heavy (non-hydrogen) atoms. The standard InChI is InChI=1S/C17H37NO/c1-4-5-6-7-8-9-10-11-12-14-17(2,3)19-16-13-15-18/h4-16,18H2,1-3H3. The van der Waals surface area contributed by atoms with E-state index in [1.54, 1.807) is 0 Å². The van der Waals surface area contributed by atoms with Gasteiger partial charge in [0.2, 0.25) is 0 Å². The molecule has 0 atom stereocenters. The highest BCUT2D eigenvalue weighted by molar-refractivity contribution is 4.68. The van der Waals surface area contributed by atoms with Gasteiger partial charge in [-0.25, -0.2) is 0 Å². The third kappa shape index (κ3) is 14.1. The highest BCUT2D eigenvalue weighted by Gasteiger charge is 2.16. The molecule has 0 saturated carbocycles. The number of ether oxygens (including phenoxy) is 1. The second-order valence-corrected chi connectivity index (χ2v) is 6.33. The highest BCUT2D eigenvalue weighted by Crippen LogP contribution is 2.19. The van der Waals surface area contributed by atoms with Gasteiger partial charge in [0.15, 0.2) is 0 Å². The SMILES string of the molecule is CCCCCCCCCCCC(C)(C)OCCCN. The van der Waals surface area contributed by atoms with Crippen LogP contribution in [0, 0.1) is 0 Å². The molecule has 2 N–H and O–H groups in total. The quantitative estimate of drug-likeness (QED) is 0.449. The van der Waals surface area contributed by atoms with Crippen molar-refractivity contribution in [3.05, 3.63) is 0 Å². The fraction of sp³-hybridized carbons (Fsp3) is 1.00. The van der Waals surface area contributed by atoms with E-state index in [0.29, 0.717) is 0 Å². The number of hydrogen-bond donors (Lipinski definition) is 1. The first-order valence-electron chi connectivity index (χ1n) is 8.46. The lowest BCUT2D eigenvalue weighted by Gasteiger charge is -2.25. The molecule has 0 bridgehead atoms. The van der Waals surface area contributed by atoms with Crippen molar-refractivity contribution >= 4 is 0 Å². The Balaban J connectivity index is 3.27. The van der Waals surface area contributed by atoms with Crippen molar-refractivity contribution in [3.63, 3.8) is 0 Å². The zero-order valence-corrected chi connectivity index (χ0v) is 13.7. The maximum atomic E-state index is 5.86. The minimum atomic E-state index is 0.0380. The van der Waals surface area contributed by atoms with Crippen molar-refractivity contribution in [2.24, 2.45) is 5.73 Å². The van der Waals surface area contributed by atoms with Crippen LogP contribution in [0.25, 0.3) is 0 Å². The fourth-order valence-electron chi connectivity index (χ4n) is 2.37. The average Bonchev–Trinajstić information content (AvgIpc) is 2.37. The van der Waals surface area contributed by atoms with Gasteiger partial charge in [0.25, 0.3) is 0 Å². The van der Waals surface area contributed by atoms with Gasteiger partial charge in [-0.1, -0.05) is 64.7 Å². The maximum absolute atomic E-state index is 5.86. The number of hydrogen-bond acceptors (Lipinski definition) is 2. The van der Waals surface area contributed by atoms with Gasteiger partial charge in [0, 0.05) is 6.61 Å². The van der Waals surface area contributed by atoms with E-state index in [1.807, 2.05) is 0 Å². The first-order valence-corrected chi connectivity index (χ1v) is 8.46. The molecule has 0 saturated heterocycles. The van der Waals surface area contributed by atoms with E-state index in [4.69, 9.17) is 10.5 Å². The van der Waals surface area contributed by atoms with Crippen LogP contribution < -0.4 is 5.73 Å². The lowest BCUT2D eigenvalue weighted by molar-refractivity contribution is -0.0252. The molecule has 0 heterocycles. The van der Waals surface area contributed by atoms with Gasteiger partial charge in [0.05, 0.1) is 5.60 Å². The summed E-state index contributed by atoms with van der Waals surface area (Å²) in [6, 6.07) is 0. The summed E-state index contributed by atoms with van der Waals surface area (Å²) in [4.78, 5) is 0. The Hall–Kier alpha value is -0.0800. The molecule has 0 aliphatic carbocycles. The molecule has 0 amide bonds. The van der Waals surface area contributed by atoms with E-state index in [2.05, 4.69) is 20.8 Å². The van der Waals surface area contributed by atoms with E-state index in [0.717, 1.165) is 19.6 Å². The Kier molecular flexibility index (Phi) is 12.9. The van der Waals surface area contributed by atoms with Gasteiger partial charge >= 0.3 is 0 Å². The third-order valence-corrected chi connectivity index (χ3v) is 3.72. The van der Waals surface area contributed by atoms with Crippen LogP contribution in [0.15, 0.2) is 0 Å². The largest absolute Gasteiger partial charge is 0.376 e. The van der Waals surface area contributed by atoms with Gasteiger partial charge in [-0.05, 0) is 33.2 Å². The summed E-state index contributed by atoms with van der Waals surface area (Å²) in [6.07, 6.45) is 14.7. The summed E-state index contributed by atoms with van der Waals surface area (Å²) in [5.41, 5.74) is 5.51. The van der Waals surface area contributed by atoms with Crippen LogP contribution in [0.4, 0.5) is 0 Å². The molecule has 0 aromatic carbocycles. The van der Waals surface area contributed by atoms with Crippen molar-refractivity contribution in [1.82, 2.24) is 0 Å². The van der Waals surface area contributed by atoms with Crippen LogP contribution in [0.2, 0.25) is 0 Å². The molecule has 0 aromatic rings. The zero-order valence-electron chi connectivity index (χ0n) is 13.7. The topological polar surface area (TPSA) is 35.2 Å². The molecule has 0 aliphatic rings. The fourth-order valence-corrected chi connectivity index (χ4v) is 2.37. The van der Waals surface area contributed by atoms with Crippen LogP contribution in [-0.4, -0.2) is 18.8 Å². The van der Waals surface area contributed by atoms with Crippen molar-refractivity contribution < 1.29 is 4.74 Å². The second-order valence-electron chi connectivity index (χ2n) is 6.33. The molecule has 0 rings (SSSR count). The van der Waals surface area contributed by atoms with Gasteiger partial charge < -0.3 is 10.5 Å². The van der Waals surface area contributed by atoms with E-state index >= 15 is 0 Å². The Morgan fingerprint density at radius 1 is 0.789 bits per heavy atom. The van der Waals surface area contributed by atoms with Crippen molar-refractivity contribution in [2.75, 3.05) is 13.2 Å². The Morgan fingerprint density at radius 3 is 1.84 bits per heavy atom. The Bertz CT molecular complexity index is 180. The van der Waals surface area contributed by atoms with Gasteiger partial charge in [-0.3, -0.25) is 0 Å². The molecular weight excluding hydrogens is 234 g/mol. The number of nitrogens with two attached hydrogens (primary N) is 1. The van der Waals surface area contributed by atoms with Crippen LogP contribution >= 0.6 is 0 Å². The van der Waals surface area contributed by atoms with Crippen LogP contribution in [0.5, 0.6) is 0 Å². The van der Waals surface area contributed by atoms with Gasteiger partial charge in [-0.15, -0.1) is 0 Å². The first-order chi connectivity index (χ1) is 9.12. The zero-order chi connectivity index (χ0) is 14.4. The minimum absolute atomic E-state index is 0.0380. The molecule has 116 valence electrons. The van der Waals surface area contributed by atoms with Crippen molar-refractivity contribution in [2.45, 2.75) is 97.0 Å². The van der Waals surface area contributed by atoms with Gasteiger partial charge in [-0.2, -0.15) is 0 Å². The minimum Gasteiger partial charge on any atom is -0.376 e. The molecule has 2 nitrogen and oxygen atoms in total.